The van der Waals surface area contributed by atoms with Crippen molar-refractivity contribution in [2.75, 3.05) is 0 Å². The second kappa shape index (κ2) is 4.07. The highest BCUT2D eigenvalue weighted by Crippen LogP contribution is 2.19. The van der Waals surface area contributed by atoms with Crippen molar-refractivity contribution in [3.63, 3.8) is 0 Å². The maximum absolute atomic E-state index is 11.3. The lowest BCUT2D eigenvalue weighted by molar-refractivity contribution is -0.386. The van der Waals surface area contributed by atoms with Gasteiger partial charge >= 0.3 is 0 Å². The highest BCUT2D eigenvalue weighted by Gasteiger charge is 2.18. The number of nitriles is 1. The van der Waals surface area contributed by atoms with Crippen LogP contribution in [0.1, 0.15) is 5.56 Å². The van der Waals surface area contributed by atoms with Gasteiger partial charge in [0.05, 0.1) is 21.8 Å². The van der Waals surface area contributed by atoms with Gasteiger partial charge in [-0.15, -0.1) is 0 Å². The maximum atomic E-state index is 11.3. The molecule has 0 heterocycles. The third kappa shape index (κ3) is 1.60. The molecule has 1 aliphatic rings. The maximum Gasteiger partial charge on any atom is 0.285 e. The van der Waals surface area contributed by atoms with Crippen LogP contribution in [-0.2, 0) is 0 Å². The Balaban J connectivity index is 2.58. The number of hydrogen-bond acceptors (Lipinski definition) is 3. The standard InChI is InChI=1S/C15H8N2O2/c16-8-7-10-5-6-13-12-4-2-1-3-11(12)9-14(13)15(10)17(18)19/h1-7,9H. The molecule has 0 bridgehead atoms. The van der Waals surface area contributed by atoms with E-state index in [4.69, 9.17) is 5.26 Å². The molecule has 2 aromatic rings. The second-order valence-electron chi connectivity index (χ2n) is 4.23. The predicted octanol–water partition coefficient (Wildman–Crippen LogP) is 1.33. The van der Waals surface area contributed by atoms with E-state index in [1.165, 1.54) is 6.08 Å². The Morgan fingerprint density at radius 1 is 1.16 bits per heavy atom. The quantitative estimate of drug-likeness (QED) is 0.482. The van der Waals surface area contributed by atoms with E-state index in [1.54, 1.807) is 12.1 Å². The predicted molar refractivity (Wildman–Crippen MR) is 70.1 cm³/mol. The van der Waals surface area contributed by atoms with Gasteiger partial charge in [-0.2, -0.15) is 5.26 Å². The van der Waals surface area contributed by atoms with E-state index in [0.29, 0.717) is 10.8 Å². The summed E-state index contributed by atoms with van der Waals surface area (Å²) in [5, 5.41) is 23.1. The number of rotatable bonds is 1. The summed E-state index contributed by atoms with van der Waals surface area (Å²) in [6.07, 6.45) is 3.01. The van der Waals surface area contributed by atoms with Crippen LogP contribution in [-0.4, -0.2) is 4.92 Å². The molecule has 19 heavy (non-hydrogen) atoms. The molecule has 1 aliphatic carbocycles. The Morgan fingerprint density at radius 3 is 2.68 bits per heavy atom. The van der Waals surface area contributed by atoms with Gasteiger partial charge < -0.3 is 0 Å². The van der Waals surface area contributed by atoms with Crippen molar-refractivity contribution in [2.45, 2.75) is 0 Å². The first kappa shape index (κ1) is 11.2. The first-order valence-electron chi connectivity index (χ1n) is 5.71. The lowest BCUT2D eigenvalue weighted by Crippen LogP contribution is -2.10. The molecule has 0 radical (unpaired) electrons. The highest BCUT2D eigenvalue weighted by molar-refractivity contribution is 5.67. The Kier molecular flexibility index (Phi) is 2.39. The number of nitrogens with zero attached hydrogens (tertiary/aromatic N) is 2. The van der Waals surface area contributed by atoms with Crippen LogP contribution >= 0.6 is 0 Å². The zero-order chi connectivity index (χ0) is 13.4. The highest BCUT2D eigenvalue weighted by atomic mass is 16.6. The van der Waals surface area contributed by atoms with Crippen molar-refractivity contribution in [1.29, 1.82) is 5.26 Å². The van der Waals surface area contributed by atoms with Gasteiger partial charge in [-0.1, -0.05) is 30.3 Å². The number of nitro groups is 1. The minimum absolute atomic E-state index is 0.00440. The summed E-state index contributed by atoms with van der Waals surface area (Å²) in [5.41, 5.74) is 0.574. The van der Waals surface area contributed by atoms with E-state index in [2.05, 4.69) is 0 Å². The first-order chi connectivity index (χ1) is 9.22. The van der Waals surface area contributed by atoms with Gasteiger partial charge in [0.15, 0.2) is 0 Å². The summed E-state index contributed by atoms with van der Waals surface area (Å²) in [6, 6.07) is 13.0. The fraction of sp³-hybridized carbons (Fsp3) is 0. The molecule has 0 atom stereocenters. The second-order valence-corrected chi connectivity index (χ2v) is 4.23. The minimum atomic E-state index is -0.426. The van der Waals surface area contributed by atoms with E-state index >= 15 is 0 Å². The molecule has 0 fully saturated rings. The van der Waals surface area contributed by atoms with Crippen molar-refractivity contribution in [1.82, 2.24) is 0 Å². The minimum Gasteiger partial charge on any atom is -0.258 e. The van der Waals surface area contributed by atoms with Crippen LogP contribution in [0, 0.1) is 31.9 Å². The Hall–Kier alpha value is -2.93. The Morgan fingerprint density at radius 2 is 1.95 bits per heavy atom. The largest absolute Gasteiger partial charge is 0.285 e. The molecule has 0 aromatic heterocycles. The van der Waals surface area contributed by atoms with Crippen molar-refractivity contribution in [3.05, 3.63) is 73.0 Å². The molecule has 0 saturated carbocycles. The van der Waals surface area contributed by atoms with E-state index in [-0.39, 0.29) is 5.69 Å². The van der Waals surface area contributed by atoms with Crippen molar-refractivity contribution >= 4 is 17.8 Å². The van der Waals surface area contributed by atoms with Gasteiger partial charge in [0.2, 0.25) is 0 Å². The van der Waals surface area contributed by atoms with Crippen LogP contribution in [0.3, 0.4) is 0 Å². The Bertz CT molecular complexity index is 953. The van der Waals surface area contributed by atoms with Crippen LogP contribution in [0.25, 0.3) is 12.2 Å². The van der Waals surface area contributed by atoms with Crippen LogP contribution in [0.4, 0.5) is 5.69 Å². The molecular formula is C15H8N2O2. The molecule has 4 nitrogen and oxygen atoms in total. The average molecular weight is 248 g/mol. The number of nitro benzene ring substituents is 1. The van der Waals surface area contributed by atoms with E-state index in [9.17, 15) is 10.1 Å². The monoisotopic (exact) mass is 248 g/mol. The third-order valence-electron chi connectivity index (χ3n) is 3.20. The number of hydrogen-bond donors (Lipinski definition) is 0. The SMILES string of the molecule is N#CC=c1ccc2c(c1[N+](=O)[O-])C=c1ccccc1=2. The molecule has 2 aromatic carbocycles. The number of fused-ring (bicyclic) bond motifs is 2. The normalized spacial score (nSPS) is 12.3. The smallest absolute Gasteiger partial charge is 0.258 e. The van der Waals surface area contributed by atoms with Crippen LogP contribution in [0.2, 0.25) is 0 Å². The van der Waals surface area contributed by atoms with Crippen molar-refractivity contribution in [3.8, 4) is 6.07 Å². The first-order valence-corrected chi connectivity index (χ1v) is 5.71. The van der Waals surface area contributed by atoms with Crippen LogP contribution < -0.4 is 10.4 Å². The molecule has 3 rings (SSSR count). The summed E-state index contributed by atoms with van der Waals surface area (Å²) >= 11 is 0. The molecule has 0 amide bonds. The molecule has 0 unspecified atom stereocenters. The van der Waals surface area contributed by atoms with E-state index < -0.39 is 4.92 Å². The topological polar surface area (TPSA) is 66.9 Å². The fourth-order valence-electron chi connectivity index (χ4n) is 2.42. The molecule has 0 aliphatic heterocycles. The lowest BCUT2D eigenvalue weighted by Gasteiger charge is -1.97. The van der Waals surface area contributed by atoms with Gasteiger partial charge in [0.1, 0.15) is 0 Å². The molecule has 0 saturated heterocycles. The fourth-order valence-corrected chi connectivity index (χ4v) is 2.42. The molecular weight excluding hydrogens is 240 g/mol. The van der Waals surface area contributed by atoms with Gasteiger partial charge in [-0.25, -0.2) is 0 Å². The van der Waals surface area contributed by atoms with Crippen LogP contribution in [0.5, 0.6) is 0 Å². The van der Waals surface area contributed by atoms with Crippen molar-refractivity contribution < 1.29 is 4.92 Å². The van der Waals surface area contributed by atoms with E-state index in [0.717, 1.165) is 15.7 Å². The zero-order valence-electron chi connectivity index (χ0n) is 9.83. The zero-order valence-corrected chi connectivity index (χ0v) is 9.83. The summed E-state index contributed by atoms with van der Waals surface area (Å²) in [6.45, 7) is 0. The molecule has 90 valence electrons. The van der Waals surface area contributed by atoms with Gasteiger partial charge in [0, 0.05) is 6.08 Å². The molecule has 4 heteroatoms. The van der Waals surface area contributed by atoms with E-state index in [1.807, 2.05) is 36.4 Å². The van der Waals surface area contributed by atoms with Crippen LogP contribution in [0.15, 0.2) is 36.4 Å². The average Bonchev–Trinajstić information content (AvgIpc) is 2.76. The summed E-state index contributed by atoms with van der Waals surface area (Å²) in [5.74, 6) is 0. The van der Waals surface area contributed by atoms with Crippen molar-refractivity contribution in [2.24, 2.45) is 0 Å². The van der Waals surface area contributed by atoms with Gasteiger partial charge in [-0.3, -0.25) is 10.1 Å². The summed E-state index contributed by atoms with van der Waals surface area (Å²) in [4.78, 5) is 10.8. The number of benzene rings is 2. The lowest BCUT2D eigenvalue weighted by atomic mass is 10.1. The Labute approximate surface area is 108 Å². The van der Waals surface area contributed by atoms with Gasteiger partial charge in [0.25, 0.3) is 5.69 Å². The molecule has 0 spiro atoms. The summed E-state index contributed by atoms with van der Waals surface area (Å²) in [7, 11) is 0. The summed E-state index contributed by atoms with van der Waals surface area (Å²) < 4.78 is 0. The third-order valence-corrected chi connectivity index (χ3v) is 3.20. The van der Waals surface area contributed by atoms with Gasteiger partial charge in [-0.05, 0) is 27.8 Å². The molecule has 0 N–H and O–H groups in total.